The van der Waals surface area contributed by atoms with Gasteiger partial charge in [0.2, 0.25) is 0 Å². The molecule has 1 aromatic rings. The molecule has 1 aliphatic rings. The molecule has 72 valence electrons. The summed E-state index contributed by atoms with van der Waals surface area (Å²) in [5.74, 6) is 1.09. The van der Waals surface area contributed by atoms with Gasteiger partial charge in [0, 0.05) is 12.0 Å². The van der Waals surface area contributed by atoms with Crippen molar-refractivity contribution in [1.29, 1.82) is 0 Å². The maximum atomic E-state index is 5.23. The lowest BCUT2D eigenvalue weighted by Gasteiger charge is -2.40. The van der Waals surface area contributed by atoms with Gasteiger partial charge in [0.15, 0.2) is 4.77 Å². The molecule has 1 aliphatic carbocycles. The molecule has 2 rings (SSSR count). The molecule has 0 amide bonds. The Morgan fingerprint density at radius 1 is 1.62 bits per heavy atom. The quantitative estimate of drug-likeness (QED) is 0.739. The number of aromatic nitrogens is 3. The highest BCUT2D eigenvalue weighted by molar-refractivity contribution is 7.71. The van der Waals surface area contributed by atoms with E-state index >= 15 is 0 Å². The van der Waals surface area contributed by atoms with Gasteiger partial charge >= 0.3 is 0 Å². The Hall–Kier alpha value is -0.640. The SMILES string of the molecule is CCc1n[nH]c(=S)n1C1(C)CCC1. The van der Waals surface area contributed by atoms with E-state index in [-0.39, 0.29) is 5.54 Å². The first-order valence-corrected chi connectivity index (χ1v) is 5.25. The second-order valence-corrected chi connectivity index (χ2v) is 4.37. The number of H-pyrrole nitrogens is 1. The van der Waals surface area contributed by atoms with E-state index in [9.17, 15) is 0 Å². The van der Waals surface area contributed by atoms with Gasteiger partial charge < -0.3 is 0 Å². The van der Waals surface area contributed by atoms with Crippen molar-refractivity contribution in [3.8, 4) is 0 Å². The molecule has 4 heteroatoms. The molecule has 0 aromatic carbocycles. The highest BCUT2D eigenvalue weighted by Gasteiger charge is 2.35. The summed E-state index contributed by atoms with van der Waals surface area (Å²) >= 11 is 5.23. The van der Waals surface area contributed by atoms with Crippen molar-refractivity contribution in [2.75, 3.05) is 0 Å². The second kappa shape index (κ2) is 2.94. The van der Waals surface area contributed by atoms with Gasteiger partial charge in [0.25, 0.3) is 0 Å². The number of hydrogen-bond acceptors (Lipinski definition) is 2. The molecule has 13 heavy (non-hydrogen) atoms. The van der Waals surface area contributed by atoms with E-state index in [2.05, 4.69) is 28.6 Å². The molecule has 1 saturated carbocycles. The molecule has 1 heterocycles. The average molecular weight is 197 g/mol. The van der Waals surface area contributed by atoms with Crippen LogP contribution >= 0.6 is 12.2 Å². The van der Waals surface area contributed by atoms with Crippen LogP contribution in [-0.2, 0) is 12.0 Å². The van der Waals surface area contributed by atoms with Crippen molar-refractivity contribution in [1.82, 2.24) is 14.8 Å². The van der Waals surface area contributed by atoms with Crippen LogP contribution in [0.2, 0.25) is 0 Å². The Bertz CT molecular complexity index is 359. The minimum atomic E-state index is 0.245. The van der Waals surface area contributed by atoms with E-state index in [0.717, 1.165) is 17.0 Å². The van der Waals surface area contributed by atoms with E-state index < -0.39 is 0 Å². The van der Waals surface area contributed by atoms with Crippen LogP contribution in [0.3, 0.4) is 0 Å². The standard InChI is InChI=1S/C9H15N3S/c1-3-7-10-11-8(13)12(7)9(2)5-4-6-9/h3-6H2,1-2H3,(H,11,13). The van der Waals surface area contributed by atoms with Crippen LogP contribution in [0.5, 0.6) is 0 Å². The Morgan fingerprint density at radius 2 is 2.31 bits per heavy atom. The first kappa shape index (κ1) is 8.94. The van der Waals surface area contributed by atoms with Crippen LogP contribution in [0.25, 0.3) is 0 Å². The summed E-state index contributed by atoms with van der Waals surface area (Å²) in [4.78, 5) is 0. The van der Waals surface area contributed by atoms with Gasteiger partial charge in [-0.2, -0.15) is 5.10 Å². The maximum absolute atomic E-state index is 5.23. The first-order valence-electron chi connectivity index (χ1n) is 4.84. The van der Waals surface area contributed by atoms with Crippen molar-refractivity contribution in [3.05, 3.63) is 10.6 Å². The van der Waals surface area contributed by atoms with Gasteiger partial charge in [-0.3, -0.25) is 9.67 Å². The van der Waals surface area contributed by atoms with Gasteiger partial charge in [0.05, 0.1) is 0 Å². The molecule has 1 fully saturated rings. The normalized spacial score (nSPS) is 19.8. The number of rotatable bonds is 2. The number of aromatic amines is 1. The smallest absolute Gasteiger partial charge is 0.195 e. The van der Waals surface area contributed by atoms with Crippen LogP contribution in [0.4, 0.5) is 0 Å². The summed E-state index contributed by atoms with van der Waals surface area (Å²) in [6.45, 7) is 4.38. The summed E-state index contributed by atoms with van der Waals surface area (Å²) < 4.78 is 2.98. The topological polar surface area (TPSA) is 33.6 Å². The molecular weight excluding hydrogens is 182 g/mol. The minimum absolute atomic E-state index is 0.245. The molecule has 1 N–H and O–H groups in total. The van der Waals surface area contributed by atoms with Crippen LogP contribution in [0.1, 0.15) is 38.9 Å². The lowest BCUT2D eigenvalue weighted by Crippen LogP contribution is -2.38. The van der Waals surface area contributed by atoms with Crippen LogP contribution < -0.4 is 0 Å². The van der Waals surface area contributed by atoms with E-state index in [0.29, 0.717) is 0 Å². The summed E-state index contributed by atoms with van der Waals surface area (Å²) in [5, 5.41) is 7.11. The van der Waals surface area contributed by atoms with Gasteiger partial charge in [-0.1, -0.05) is 6.92 Å². The fraction of sp³-hybridized carbons (Fsp3) is 0.778. The van der Waals surface area contributed by atoms with Gasteiger partial charge in [-0.05, 0) is 38.4 Å². The van der Waals surface area contributed by atoms with E-state index in [1.54, 1.807) is 0 Å². The van der Waals surface area contributed by atoms with Gasteiger partial charge in [-0.15, -0.1) is 0 Å². The molecule has 1 aromatic heterocycles. The zero-order valence-corrected chi connectivity index (χ0v) is 8.95. The van der Waals surface area contributed by atoms with Crippen molar-refractivity contribution >= 4 is 12.2 Å². The van der Waals surface area contributed by atoms with E-state index in [4.69, 9.17) is 12.2 Å². The largest absolute Gasteiger partial charge is 0.298 e. The van der Waals surface area contributed by atoms with Crippen LogP contribution in [0.15, 0.2) is 0 Å². The number of nitrogens with zero attached hydrogens (tertiary/aromatic N) is 2. The molecule has 0 radical (unpaired) electrons. The summed E-state index contributed by atoms with van der Waals surface area (Å²) in [7, 11) is 0. The molecule has 0 spiro atoms. The monoisotopic (exact) mass is 197 g/mol. The third-order valence-corrected chi connectivity index (χ3v) is 3.30. The fourth-order valence-electron chi connectivity index (χ4n) is 2.04. The Balaban J connectivity index is 2.48. The molecule has 0 aliphatic heterocycles. The Labute approximate surface area is 83.2 Å². The third kappa shape index (κ3) is 1.24. The second-order valence-electron chi connectivity index (χ2n) is 3.98. The highest BCUT2D eigenvalue weighted by atomic mass is 32.1. The van der Waals surface area contributed by atoms with Crippen molar-refractivity contribution in [2.24, 2.45) is 0 Å². The Kier molecular flexibility index (Phi) is 2.02. The molecule has 0 bridgehead atoms. The maximum Gasteiger partial charge on any atom is 0.195 e. The summed E-state index contributed by atoms with van der Waals surface area (Å²) in [5.41, 5.74) is 0.245. The molecule has 3 nitrogen and oxygen atoms in total. The van der Waals surface area contributed by atoms with Crippen LogP contribution in [-0.4, -0.2) is 14.8 Å². The highest BCUT2D eigenvalue weighted by Crippen LogP contribution is 2.39. The molecule has 0 atom stereocenters. The van der Waals surface area contributed by atoms with Crippen molar-refractivity contribution in [3.63, 3.8) is 0 Å². The van der Waals surface area contributed by atoms with E-state index in [1.807, 2.05) is 0 Å². The third-order valence-electron chi connectivity index (χ3n) is 3.03. The lowest BCUT2D eigenvalue weighted by atomic mass is 9.78. The number of aryl methyl sites for hydroxylation is 1. The summed E-state index contributed by atoms with van der Waals surface area (Å²) in [6.07, 6.45) is 4.72. The van der Waals surface area contributed by atoms with Gasteiger partial charge in [-0.25, -0.2) is 0 Å². The molecular formula is C9H15N3S. The predicted molar refractivity (Wildman–Crippen MR) is 54.3 cm³/mol. The van der Waals surface area contributed by atoms with Gasteiger partial charge in [0.1, 0.15) is 5.82 Å². The van der Waals surface area contributed by atoms with Crippen molar-refractivity contribution in [2.45, 2.75) is 45.1 Å². The lowest BCUT2D eigenvalue weighted by molar-refractivity contribution is 0.161. The number of nitrogens with one attached hydrogen (secondary N) is 1. The van der Waals surface area contributed by atoms with Crippen molar-refractivity contribution < 1.29 is 0 Å². The Morgan fingerprint density at radius 3 is 2.77 bits per heavy atom. The fourth-order valence-corrected chi connectivity index (χ4v) is 2.41. The molecule has 0 saturated heterocycles. The first-order chi connectivity index (χ1) is 6.17. The summed E-state index contributed by atoms with van der Waals surface area (Å²) in [6, 6.07) is 0. The average Bonchev–Trinajstić information content (AvgIpc) is 2.43. The minimum Gasteiger partial charge on any atom is -0.298 e. The number of hydrogen-bond donors (Lipinski definition) is 1. The van der Waals surface area contributed by atoms with Crippen LogP contribution in [0, 0.1) is 4.77 Å². The zero-order valence-electron chi connectivity index (χ0n) is 8.13. The zero-order chi connectivity index (χ0) is 9.47. The predicted octanol–water partition coefficient (Wildman–Crippen LogP) is 2.40. The van der Waals surface area contributed by atoms with E-state index in [1.165, 1.54) is 19.3 Å². The molecule has 0 unspecified atom stereocenters.